The van der Waals surface area contributed by atoms with E-state index >= 15 is 0 Å². The number of hydrogen-bond acceptors (Lipinski definition) is 3. The average molecular weight is 491 g/mol. The Morgan fingerprint density at radius 1 is 1.00 bits per heavy atom. The van der Waals surface area contributed by atoms with E-state index in [9.17, 15) is 0 Å². The minimum absolute atomic E-state index is 0. The lowest BCUT2D eigenvalue weighted by molar-refractivity contribution is 0.0258. The van der Waals surface area contributed by atoms with Crippen LogP contribution in [-0.4, -0.2) is 38.4 Å². The molecule has 0 amide bonds. The molecule has 0 aliphatic rings. The highest BCUT2D eigenvalue weighted by atomic mass is 127. The molecule has 27 heavy (non-hydrogen) atoms. The summed E-state index contributed by atoms with van der Waals surface area (Å²) >= 11 is 0. The van der Waals surface area contributed by atoms with Gasteiger partial charge in [0.05, 0.1) is 19.3 Å². The van der Waals surface area contributed by atoms with E-state index in [1.54, 1.807) is 0 Å². The zero-order chi connectivity index (χ0) is 19.2. The molecule has 0 aliphatic heterocycles. The normalized spacial score (nSPS) is 12.6. The van der Waals surface area contributed by atoms with Gasteiger partial charge in [-0.3, -0.25) is 0 Å². The number of hydrogen-bond donors (Lipinski definition) is 2. The first-order valence-corrected chi connectivity index (χ1v) is 9.89. The lowest BCUT2D eigenvalue weighted by Crippen LogP contribution is -2.39. The molecule has 6 heteroatoms. The molecule has 1 aromatic carbocycles. The van der Waals surface area contributed by atoms with E-state index in [2.05, 4.69) is 60.7 Å². The SMILES string of the molecule is CCNC(=NCc1ccc(COCC)cc1)NCCC(OCC)C(C)C.I. The van der Waals surface area contributed by atoms with E-state index in [1.165, 1.54) is 11.1 Å². The molecule has 1 rings (SSSR count). The standard InChI is InChI=1S/C21H37N3O2.HI/c1-6-22-21(23-14-13-20(17(4)5)26-8-3)24-15-18-9-11-19(12-10-18)16-25-7-2;/h9-12,17,20H,6-8,13-16H2,1-5H3,(H2,22,23,24);1H. The van der Waals surface area contributed by atoms with E-state index in [0.29, 0.717) is 19.1 Å². The average Bonchev–Trinajstić information content (AvgIpc) is 2.64. The van der Waals surface area contributed by atoms with E-state index in [-0.39, 0.29) is 30.1 Å². The van der Waals surface area contributed by atoms with Crippen LogP contribution in [0.1, 0.15) is 52.2 Å². The van der Waals surface area contributed by atoms with Crippen LogP contribution < -0.4 is 10.6 Å². The van der Waals surface area contributed by atoms with Crippen LogP contribution in [0.3, 0.4) is 0 Å². The zero-order valence-corrected chi connectivity index (χ0v) is 19.9. The molecule has 0 aliphatic carbocycles. The first-order chi connectivity index (χ1) is 12.6. The van der Waals surface area contributed by atoms with Crippen molar-refractivity contribution in [2.75, 3.05) is 26.3 Å². The number of ether oxygens (including phenoxy) is 2. The third-order valence-electron chi connectivity index (χ3n) is 4.11. The number of halogens is 1. The van der Waals surface area contributed by atoms with Crippen molar-refractivity contribution in [1.29, 1.82) is 0 Å². The number of nitrogens with zero attached hydrogens (tertiary/aromatic N) is 1. The summed E-state index contributed by atoms with van der Waals surface area (Å²) in [6.07, 6.45) is 1.26. The van der Waals surface area contributed by atoms with Gasteiger partial charge in [-0.05, 0) is 44.2 Å². The summed E-state index contributed by atoms with van der Waals surface area (Å²) in [6, 6.07) is 8.45. The van der Waals surface area contributed by atoms with Gasteiger partial charge in [-0.25, -0.2) is 4.99 Å². The van der Waals surface area contributed by atoms with Crippen LogP contribution in [0.25, 0.3) is 0 Å². The molecule has 2 N–H and O–H groups in total. The second-order valence-electron chi connectivity index (χ2n) is 6.60. The number of nitrogens with one attached hydrogen (secondary N) is 2. The van der Waals surface area contributed by atoms with Crippen molar-refractivity contribution in [2.45, 2.75) is 60.3 Å². The quantitative estimate of drug-likeness (QED) is 0.260. The summed E-state index contributed by atoms with van der Waals surface area (Å²) in [6.45, 7) is 15.1. The lowest BCUT2D eigenvalue weighted by atomic mass is 10.0. The van der Waals surface area contributed by atoms with Crippen LogP contribution in [0.2, 0.25) is 0 Å². The molecule has 156 valence electrons. The van der Waals surface area contributed by atoms with Crippen molar-refractivity contribution in [2.24, 2.45) is 10.9 Å². The highest BCUT2D eigenvalue weighted by Crippen LogP contribution is 2.10. The molecular formula is C21H38IN3O2. The molecule has 0 saturated heterocycles. The van der Waals surface area contributed by atoms with Crippen molar-refractivity contribution in [1.82, 2.24) is 10.6 Å². The third-order valence-corrected chi connectivity index (χ3v) is 4.11. The summed E-state index contributed by atoms with van der Waals surface area (Å²) in [5, 5.41) is 6.72. The van der Waals surface area contributed by atoms with E-state index < -0.39 is 0 Å². The number of benzene rings is 1. The summed E-state index contributed by atoms with van der Waals surface area (Å²) in [5.41, 5.74) is 2.39. The van der Waals surface area contributed by atoms with Gasteiger partial charge in [-0.2, -0.15) is 0 Å². The van der Waals surface area contributed by atoms with Gasteiger partial charge in [0, 0.05) is 26.3 Å². The van der Waals surface area contributed by atoms with Gasteiger partial charge in [-0.15, -0.1) is 24.0 Å². The minimum Gasteiger partial charge on any atom is -0.378 e. The van der Waals surface area contributed by atoms with Gasteiger partial charge in [0.25, 0.3) is 0 Å². The molecule has 0 fully saturated rings. The van der Waals surface area contributed by atoms with Gasteiger partial charge in [0.1, 0.15) is 0 Å². The molecule has 0 aromatic heterocycles. The topological polar surface area (TPSA) is 54.9 Å². The summed E-state index contributed by atoms with van der Waals surface area (Å²) in [5.74, 6) is 1.37. The smallest absolute Gasteiger partial charge is 0.191 e. The molecule has 0 saturated carbocycles. The van der Waals surface area contributed by atoms with Gasteiger partial charge >= 0.3 is 0 Å². The van der Waals surface area contributed by atoms with E-state index in [1.807, 2.05) is 13.8 Å². The first kappa shape index (κ1) is 26.1. The summed E-state index contributed by atoms with van der Waals surface area (Å²) in [7, 11) is 0. The number of aliphatic imine (C=N–C) groups is 1. The Balaban J connectivity index is 0.00000676. The monoisotopic (exact) mass is 491 g/mol. The van der Waals surface area contributed by atoms with Crippen LogP contribution in [0, 0.1) is 5.92 Å². The molecule has 1 aromatic rings. The maximum atomic E-state index is 5.80. The first-order valence-electron chi connectivity index (χ1n) is 9.89. The van der Waals surface area contributed by atoms with Crippen LogP contribution in [0.5, 0.6) is 0 Å². The largest absolute Gasteiger partial charge is 0.378 e. The molecule has 0 heterocycles. The second kappa shape index (κ2) is 16.1. The Hall–Kier alpha value is -0.860. The molecule has 0 spiro atoms. The Morgan fingerprint density at radius 3 is 2.22 bits per heavy atom. The Kier molecular flexibility index (Phi) is 15.6. The predicted octanol–water partition coefficient (Wildman–Crippen LogP) is 4.35. The fourth-order valence-corrected chi connectivity index (χ4v) is 2.63. The number of guanidine groups is 1. The Morgan fingerprint density at radius 2 is 1.67 bits per heavy atom. The predicted molar refractivity (Wildman–Crippen MR) is 125 cm³/mol. The maximum absolute atomic E-state index is 5.80. The zero-order valence-electron chi connectivity index (χ0n) is 17.6. The molecular weight excluding hydrogens is 453 g/mol. The summed E-state index contributed by atoms with van der Waals surface area (Å²) < 4.78 is 11.2. The van der Waals surface area contributed by atoms with Crippen LogP contribution in [-0.2, 0) is 22.6 Å². The lowest BCUT2D eigenvalue weighted by Gasteiger charge is -2.21. The van der Waals surface area contributed by atoms with Crippen LogP contribution in [0.15, 0.2) is 29.3 Å². The third kappa shape index (κ3) is 11.5. The van der Waals surface area contributed by atoms with Crippen molar-refractivity contribution >= 4 is 29.9 Å². The Bertz CT molecular complexity index is 507. The highest BCUT2D eigenvalue weighted by Gasteiger charge is 2.12. The molecule has 0 bridgehead atoms. The Labute approximate surface area is 182 Å². The van der Waals surface area contributed by atoms with Crippen molar-refractivity contribution in [3.05, 3.63) is 35.4 Å². The maximum Gasteiger partial charge on any atom is 0.191 e. The van der Waals surface area contributed by atoms with E-state index in [0.717, 1.165) is 38.7 Å². The van der Waals surface area contributed by atoms with E-state index in [4.69, 9.17) is 9.47 Å². The van der Waals surface area contributed by atoms with Crippen molar-refractivity contribution in [3.63, 3.8) is 0 Å². The molecule has 5 nitrogen and oxygen atoms in total. The van der Waals surface area contributed by atoms with Crippen molar-refractivity contribution < 1.29 is 9.47 Å². The molecule has 1 atom stereocenters. The van der Waals surface area contributed by atoms with Crippen LogP contribution >= 0.6 is 24.0 Å². The fraction of sp³-hybridized carbons (Fsp3) is 0.667. The van der Waals surface area contributed by atoms with Gasteiger partial charge in [-0.1, -0.05) is 38.1 Å². The number of rotatable bonds is 12. The van der Waals surface area contributed by atoms with Crippen molar-refractivity contribution in [3.8, 4) is 0 Å². The summed E-state index contributed by atoms with van der Waals surface area (Å²) in [4.78, 5) is 4.69. The van der Waals surface area contributed by atoms with Gasteiger partial charge in [0.15, 0.2) is 5.96 Å². The second-order valence-corrected chi connectivity index (χ2v) is 6.60. The minimum atomic E-state index is 0. The molecule has 1 unspecified atom stereocenters. The molecule has 0 radical (unpaired) electrons. The van der Waals surface area contributed by atoms with Gasteiger partial charge in [0.2, 0.25) is 0 Å². The van der Waals surface area contributed by atoms with Crippen LogP contribution in [0.4, 0.5) is 0 Å². The fourth-order valence-electron chi connectivity index (χ4n) is 2.63. The highest BCUT2D eigenvalue weighted by molar-refractivity contribution is 14.0. The van der Waals surface area contributed by atoms with Gasteiger partial charge < -0.3 is 20.1 Å².